The summed E-state index contributed by atoms with van der Waals surface area (Å²) in [6, 6.07) is 10.7. The summed E-state index contributed by atoms with van der Waals surface area (Å²) in [6.45, 7) is 8.53. The Morgan fingerprint density at radius 2 is 2.11 bits per heavy atom. The van der Waals surface area contributed by atoms with Crippen LogP contribution in [-0.4, -0.2) is 33.3 Å². The molecule has 0 amide bonds. The Kier molecular flexibility index (Phi) is 5.54. The lowest BCUT2D eigenvalue weighted by molar-refractivity contribution is 0.274. The maximum atomic E-state index is 10.7. The first-order valence-electron chi connectivity index (χ1n) is 9.66. The first-order chi connectivity index (χ1) is 13.0. The number of hydrogen-bond acceptors (Lipinski definition) is 4. The van der Waals surface area contributed by atoms with Crippen molar-refractivity contribution in [3.05, 3.63) is 57.3 Å². The number of benzene rings is 1. The molecule has 27 heavy (non-hydrogen) atoms. The predicted molar refractivity (Wildman–Crippen MR) is 110 cm³/mol. The van der Waals surface area contributed by atoms with Crippen molar-refractivity contribution in [2.45, 2.75) is 38.6 Å². The van der Waals surface area contributed by atoms with Gasteiger partial charge in [-0.2, -0.15) is 0 Å². The van der Waals surface area contributed by atoms with Gasteiger partial charge in [-0.15, -0.1) is 11.3 Å². The standard InChI is InChI=1S/C21H28N2O2S2/c1-15-8-10-26-20(15)7-4-9-23-13-18-19(14-23)21(18,2)17-6-3-5-16(11-17)12-22-27(24)25/h3,5-6,8,10-11,18-19,22H,4,7,9,12-14H2,1-2H3,(H,24,25)/p-1. The highest BCUT2D eigenvalue weighted by Crippen LogP contribution is 2.63. The molecule has 3 atom stereocenters. The Bertz CT molecular complexity index is 823. The first kappa shape index (κ1) is 19.3. The summed E-state index contributed by atoms with van der Waals surface area (Å²) in [5, 5.41) is 2.19. The fourth-order valence-electron chi connectivity index (χ4n) is 4.86. The van der Waals surface area contributed by atoms with E-state index in [-0.39, 0.29) is 5.41 Å². The van der Waals surface area contributed by atoms with E-state index in [1.165, 1.54) is 48.5 Å². The highest BCUT2D eigenvalue weighted by atomic mass is 32.2. The van der Waals surface area contributed by atoms with Crippen LogP contribution in [-0.2, 0) is 29.6 Å². The molecule has 3 unspecified atom stereocenters. The van der Waals surface area contributed by atoms with Crippen molar-refractivity contribution in [1.82, 2.24) is 9.62 Å². The topological polar surface area (TPSA) is 55.4 Å². The molecule has 1 aliphatic carbocycles. The Hall–Kier alpha value is -1.05. The van der Waals surface area contributed by atoms with Crippen LogP contribution in [0.4, 0.5) is 0 Å². The average Bonchev–Trinajstić information content (AvgIpc) is 3.02. The molecule has 2 aromatic rings. The minimum atomic E-state index is -2.21. The summed E-state index contributed by atoms with van der Waals surface area (Å²) in [4.78, 5) is 4.17. The molecule has 2 aliphatic rings. The predicted octanol–water partition coefficient (Wildman–Crippen LogP) is 3.39. The number of thiophene rings is 1. The lowest BCUT2D eigenvalue weighted by atomic mass is 9.91. The maximum Gasteiger partial charge on any atom is 0.0322 e. The van der Waals surface area contributed by atoms with Crippen molar-refractivity contribution in [2.75, 3.05) is 19.6 Å². The zero-order valence-corrected chi connectivity index (χ0v) is 17.6. The normalized spacial score (nSPS) is 28.3. The van der Waals surface area contributed by atoms with Crippen LogP contribution in [0.5, 0.6) is 0 Å². The molecule has 1 saturated heterocycles. The lowest BCUT2D eigenvalue weighted by Crippen LogP contribution is -2.30. The number of piperidine rings is 1. The van der Waals surface area contributed by atoms with Crippen LogP contribution in [0.25, 0.3) is 0 Å². The number of likely N-dealkylation sites (tertiary alicyclic amines) is 1. The molecule has 2 fully saturated rings. The van der Waals surface area contributed by atoms with Gasteiger partial charge in [0, 0.05) is 41.2 Å². The largest absolute Gasteiger partial charge is 0.760 e. The third-order valence-corrected chi connectivity index (χ3v) is 8.08. The molecular weight excluding hydrogens is 376 g/mol. The second-order valence-electron chi connectivity index (χ2n) is 8.14. The average molecular weight is 404 g/mol. The molecule has 4 rings (SSSR count). The Balaban J connectivity index is 1.30. The summed E-state index contributed by atoms with van der Waals surface area (Å²) < 4.78 is 23.9. The number of nitrogens with one attached hydrogen (secondary N) is 1. The van der Waals surface area contributed by atoms with Gasteiger partial charge >= 0.3 is 0 Å². The van der Waals surface area contributed by atoms with Crippen LogP contribution in [0.2, 0.25) is 0 Å². The number of fused-ring (bicyclic) bond motifs is 1. The van der Waals surface area contributed by atoms with Gasteiger partial charge in [0.15, 0.2) is 0 Å². The van der Waals surface area contributed by atoms with Crippen molar-refractivity contribution < 1.29 is 8.76 Å². The van der Waals surface area contributed by atoms with Crippen molar-refractivity contribution >= 4 is 22.6 Å². The van der Waals surface area contributed by atoms with E-state index < -0.39 is 11.3 Å². The fourth-order valence-corrected chi connectivity index (χ4v) is 6.09. The van der Waals surface area contributed by atoms with E-state index in [0.29, 0.717) is 6.54 Å². The highest BCUT2D eigenvalue weighted by Gasteiger charge is 2.65. The second kappa shape index (κ2) is 7.76. The van der Waals surface area contributed by atoms with Crippen molar-refractivity contribution in [3.8, 4) is 0 Å². The smallest absolute Gasteiger partial charge is 0.0322 e. The Labute approximate surface area is 168 Å². The molecule has 4 nitrogen and oxygen atoms in total. The summed E-state index contributed by atoms with van der Waals surface area (Å²) in [6.07, 6.45) is 2.44. The zero-order valence-electron chi connectivity index (χ0n) is 15.9. The monoisotopic (exact) mass is 403 g/mol. The third-order valence-electron chi connectivity index (χ3n) is 6.62. The summed E-state index contributed by atoms with van der Waals surface area (Å²) in [5.74, 6) is 1.47. The van der Waals surface area contributed by atoms with Gasteiger partial charge in [0.2, 0.25) is 0 Å². The van der Waals surface area contributed by atoms with E-state index in [4.69, 9.17) is 0 Å². The quantitative estimate of drug-likeness (QED) is 0.688. The molecule has 1 aromatic carbocycles. The number of nitrogens with zero attached hydrogens (tertiary/aromatic N) is 1. The van der Waals surface area contributed by atoms with Gasteiger partial charge in [0.25, 0.3) is 0 Å². The fraction of sp³-hybridized carbons (Fsp3) is 0.524. The summed E-state index contributed by atoms with van der Waals surface area (Å²) in [5.41, 5.74) is 4.09. The minimum Gasteiger partial charge on any atom is -0.760 e. The molecule has 2 heterocycles. The van der Waals surface area contributed by atoms with Crippen molar-refractivity contribution in [2.24, 2.45) is 11.8 Å². The first-order valence-corrected chi connectivity index (χ1v) is 11.6. The molecule has 0 bridgehead atoms. The van der Waals surface area contributed by atoms with E-state index >= 15 is 0 Å². The second-order valence-corrected chi connectivity index (χ2v) is 9.90. The van der Waals surface area contributed by atoms with Crippen molar-refractivity contribution in [3.63, 3.8) is 0 Å². The van der Waals surface area contributed by atoms with E-state index in [1.54, 1.807) is 0 Å². The molecule has 1 N–H and O–H groups in total. The van der Waals surface area contributed by atoms with Gasteiger partial charge in [-0.1, -0.05) is 31.2 Å². The van der Waals surface area contributed by atoms with Gasteiger partial charge in [0.1, 0.15) is 0 Å². The van der Waals surface area contributed by atoms with Crippen molar-refractivity contribution in [1.29, 1.82) is 0 Å². The summed E-state index contributed by atoms with van der Waals surface area (Å²) >= 11 is -0.326. The Morgan fingerprint density at radius 3 is 2.78 bits per heavy atom. The van der Waals surface area contributed by atoms with Gasteiger partial charge < -0.3 is 9.45 Å². The number of rotatable bonds is 8. The van der Waals surface area contributed by atoms with Crippen LogP contribution in [0.15, 0.2) is 35.7 Å². The molecular formula is C21H27N2O2S2-. The third kappa shape index (κ3) is 3.91. The van der Waals surface area contributed by atoms with E-state index in [0.717, 1.165) is 17.4 Å². The molecule has 1 aliphatic heterocycles. The van der Waals surface area contributed by atoms with Crippen LogP contribution in [0.1, 0.15) is 34.9 Å². The van der Waals surface area contributed by atoms with Gasteiger partial charge in [0.05, 0.1) is 0 Å². The molecule has 1 aromatic heterocycles. The van der Waals surface area contributed by atoms with Crippen LogP contribution < -0.4 is 4.72 Å². The molecule has 1 saturated carbocycles. The summed E-state index contributed by atoms with van der Waals surface area (Å²) in [7, 11) is 0. The van der Waals surface area contributed by atoms with Crippen LogP contribution in [0, 0.1) is 18.8 Å². The van der Waals surface area contributed by atoms with Crippen LogP contribution >= 0.6 is 11.3 Å². The van der Waals surface area contributed by atoms with E-state index in [1.807, 2.05) is 17.4 Å². The van der Waals surface area contributed by atoms with Crippen LogP contribution in [0.3, 0.4) is 0 Å². The molecule has 0 spiro atoms. The zero-order chi connectivity index (χ0) is 19.0. The molecule has 146 valence electrons. The van der Waals surface area contributed by atoms with Gasteiger partial charge in [-0.05, 0) is 66.3 Å². The highest BCUT2D eigenvalue weighted by molar-refractivity contribution is 7.77. The SMILES string of the molecule is Cc1ccsc1CCCN1CC2C(C1)C2(C)c1cccc(CNS(=O)[O-])c1. The lowest BCUT2D eigenvalue weighted by Gasteiger charge is -2.25. The number of hydrogen-bond donors (Lipinski definition) is 1. The molecule has 6 heteroatoms. The minimum absolute atomic E-state index is 0.257. The molecule has 0 radical (unpaired) electrons. The van der Waals surface area contributed by atoms with Gasteiger partial charge in [-0.3, -0.25) is 4.21 Å². The van der Waals surface area contributed by atoms with Gasteiger partial charge in [-0.25, -0.2) is 4.72 Å². The Morgan fingerprint density at radius 1 is 1.33 bits per heavy atom. The maximum absolute atomic E-state index is 10.7. The number of aryl methyl sites for hydroxylation is 2. The van der Waals surface area contributed by atoms with E-state index in [9.17, 15) is 8.76 Å². The van der Waals surface area contributed by atoms with E-state index in [2.05, 4.69) is 53.1 Å².